The molecule has 2 amide bonds. The van der Waals surface area contributed by atoms with Crippen molar-refractivity contribution in [1.29, 1.82) is 0 Å². The first kappa shape index (κ1) is 24.3. The molecule has 0 bridgehead atoms. The van der Waals surface area contributed by atoms with E-state index in [2.05, 4.69) is 24.4 Å². The number of amides is 2. The van der Waals surface area contributed by atoms with Crippen molar-refractivity contribution in [3.05, 3.63) is 71.0 Å². The van der Waals surface area contributed by atoms with E-state index in [1.807, 2.05) is 12.1 Å². The van der Waals surface area contributed by atoms with Crippen LogP contribution in [0, 0.1) is 12.7 Å². The van der Waals surface area contributed by atoms with E-state index in [0.29, 0.717) is 0 Å². The molecule has 1 saturated carbocycles. The van der Waals surface area contributed by atoms with Crippen LogP contribution in [0.3, 0.4) is 0 Å². The molecular weight excluding hydrogens is 423 g/mol. The lowest BCUT2D eigenvalue weighted by molar-refractivity contribution is -0.139. The molecule has 1 N–H and O–H groups in total. The van der Waals surface area contributed by atoms with Gasteiger partial charge in [0.25, 0.3) is 0 Å². The number of halogens is 1. The Morgan fingerprint density at radius 2 is 1.78 bits per heavy atom. The van der Waals surface area contributed by atoms with E-state index < -0.39 is 6.04 Å². The number of benzene rings is 2. The first-order chi connectivity index (χ1) is 15.4. The number of thioether (sulfide) groups is 1. The number of rotatable bonds is 9. The second-order valence-corrected chi connectivity index (χ2v) is 9.57. The highest BCUT2D eigenvalue weighted by Crippen LogP contribution is 2.20. The third-order valence-electron chi connectivity index (χ3n) is 6.13. The molecule has 2 aromatic rings. The second-order valence-electron chi connectivity index (χ2n) is 8.59. The summed E-state index contributed by atoms with van der Waals surface area (Å²) in [6.07, 6.45) is 5.47. The predicted octanol–water partition coefficient (Wildman–Crippen LogP) is 5.23. The molecule has 0 spiro atoms. The fourth-order valence-corrected chi connectivity index (χ4v) is 5.03. The van der Waals surface area contributed by atoms with Crippen molar-refractivity contribution in [3.8, 4) is 0 Å². The topological polar surface area (TPSA) is 49.4 Å². The quantitative estimate of drug-likeness (QED) is 0.562. The zero-order chi connectivity index (χ0) is 22.9. The van der Waals surface area contributed by atoms with Crippen molar-refractivity contribution in [3.63, 3.8) is 0 Å². The molecule has 4 nitrogen and oxygen atoms in total. The maximum Gasteiger partial charge on any atom is 0.242 e. The van der Waals surface area contributed by atoms with Gasteiger partial charge < -0.3 is 10.2 Å². The minimum atomic E-state index is -0.589. The minimum Gasteiger partial charge on any atom is -0.352 e. The number of carbonyl (C=O) groups is 2. The van der Waals surface area contributed by atoms with E-state index in [9.17, 15) is 14.0 Å². The minimum absolute atomic E-state index is 0.0841. The molecule has 3 rings (SSSR count). The van der Waals surface area contributed by atoms with Crippen LogP contribution in [0.25, 0.3) is 0 Å². The lowest BCUT2D eigenvalue weighted by atomic mass is 9.95. The normalized spacial score (nSPS) is 15.2. The number of hydrogen-bond donors (Lipinski definition) is 1. The zero-order valence-corrected chi connectivity index (χ0v) is 19.8. The van der Waals surface area contributed by atoms with Crippen LogP contribution in [0.4, 0.5) is 4.39 Å². The van der Waals surface area contributed by atoms with Gasteiger partial charge in [-0.05, 0) is 55.5 Å². The van der Waals surface area contributed by atoms with Gasteiger partial charge in [-0.2, -0.15) is 0 Å². The molecule has 2 aromatic carbocycles. The Bertz CT molecular complexity index is 897. The van der Waals surface area contributed by atoms with Gasteiger partial charge in [-0.1, -0.05) is 55.7 Å². The Hall–Kier alpha value is -2.34. The standard InChI is InChI=1S/C26H33FN2O2S/c1-19-8-6-7-9-22(19)17-32-18-25(30)29(16-21-12-14-23(27)15-13-21)20(2)26(31)28-24-10-4-3-5-11-24/h6-9,12-15,20,24H,3-5,10-11,16-18H2,1-2H3,(H,28,31)/t20-/m1/s1. The molecular formula is C26H33FN2O2S. The summed E-state index contributed by atoms with van der Waals surface area (Å²) >= 11 is 1.55. The van der Waals surface area contributed by atoms with Crippen molar-refractivity contribution in [2.75, 3.05) is 5.75 Å². The Morgan fingerprint density at radius 1 is 1.09 bits per heavy atom. The average Bonchev–Trinajstić information content (AvgIpc) is 2.80. The van der Waals surface area contributed by atoms with Gasteiger partial charge in [-0.25, -0.2) is 4.39 Å². The Morgan fingerprint density at radius 3 is 2.47 bits per heavy atom. The molecule has 0 aromatic heterocycles. The summed E-state index contributed by atoms with van der Waals surface area (Å²) in [7, 11) is 0. The monoisotopic (exact) mass is 456 g/mol. The maximum absolute atomic E-state index is 13.3. The lowest BCUT2D eigenvalue weighted by Crippen LogP contribution is -2.50. The summed E-state index contributed by atoms with van der Waals surface area (Å²) in [4.78, 5) is 27.8. The molecule has 0 radical (unpaired) electrons. The number of carbonyl (C=O) groups excluding carboxylic acids is 2. The largest absolute Gasteiger partial charge is 0.352 e. The van der Waals surface area contributed by atoms with Gasteiger partial charge in [-0.15, -0.1) is 11.8 Å². The highest BCUT2D eigenvalue weighted by molar-refractivity contribution is 7.99. The summed E-state index contributed by atoms with van der Waals surface area (Å²) < 4.78 is 13.3. The molecule has 1 aliphatic rings. The zero-order valence-electron chi connectivity index (χ0n) is 19.0. The van der Waals surface area contributed by atoms with E-state index in [-0.39, 0.29) is 36.0 Å². The SMILES string of the molecule is Cc1ccccc1CSCC(=O)N(Cc1ccc(F)cc1)[C@H](C)C(=O)NC1CCCCC1. The van der Waals surface area contributed by atoms with Gasteiger partial charge in [-0.3, -0.25) is 9.59 Å². The van der Waals surface area contributed by atoms with Gasteiger partial charge in [0.1, 0.15) is 11.9 Å². The van der Waals surface area contributed by atoms with Gasteiger partial charge in [0, 0.05) is 18.3 Å². The Labute approximate surface area is 195 Å². The van der Waals surface area contributed by atoms with Crippen LogP contribution >= 0.6 is 11.8 Å². The number of nitrogens with zero attached hydrogens (tertiary/aromatic N) is 1. The third kappa shape index (κ3) is 7.09. The van der Waals surface area contributed by atoms with E-state index in [1.54, 1.807) is 35.7 Å². The van der Waals surface area contributed by atoms with E-state index in [0.717, 1.165) is 37.0 Å². The summed E-state index contributed by atoms with van der Waals surface area (Å²) in [6, 6.07) is 13.9. The van der Waals surface area contributed by atoms with Crippen molar-refractivity contribution >= 4 is 23.6 Å². The highest BCUT2D eigenvalue weighted by Gasteiger charge is 2.28. The summed E-state index contributed by atoms with van der Waals surface area (Å²) in [6.45, 7) is 4.13. The fourth-order valence-electron chi connectivity index (χ4n) is 4.04. The molecule has 0 heterocycles. The van der Waals surface area contributed by atoms with Crippen LogP contribution in [0.5, 0.6) is 0 Å². The van der Waals surface area contributed by atoms with Crippen LogP contribution in [-0.2, 0) is 21.9 Å². The molecule has 1 fully saturated rings. The van der Waals surface area contributed by atoms with E-state index in [1.165, 1.54) is 29.7 Å². The van der Waals surface area contributed by atoms with Gasteiger partial charge >= 0.3 is 0 Å². The van der Waals surface area contributed by atoms with Crippen LogP contribution < -0.4 is 5.32 Å². The van der Waals surface area contributed by atoms with Crippen molar-refractivity contribution in [1.82, 2.24) is 10.2 Å². The molecule has 172 valence electrons. The first-order valence-electron chi connectivity index (χ1n) is 11.4. The van der Waals surface area contributed by atoms with Gasteiger partial charge in [0.2, 0.25) is 11.8 Å². The van der Waals surface area contributed by atoms with Gasteiger partial charge in [0.05, 0.1) is 5.75 Å². The van der Waals surface area contributed by atoms with Crippen molar-refractivity contribution < 1.29 is 14.0 Å². The number of hydrogen-bond acceptors (Lipinski definition) is 3. The van der Waals surface area contributed by atoms with Crippen LogP contribution in [-0.4, -0.2) is 34.6 Å². The summed E-state index contributed by atoms with van der Waals surface area (Å²) in [5.41, 5.74) is 3.22. The number of aryl methyl sites for hydroxylation is 1. The van der Waals surface area contributed by atoms with Crippen molar-refractivity contribution in [2.45, 2.75) is 70.3 Å². The molecule has 6 heteroatoms. The summed E-state index contributed by atoms with van der Waals surface area (Å²) in [5, 5.41) is 3.14. The van der Waals surface area contributed by atoms with E-state index in [4.69, 9.17) is 0 Å². The fraction of sp³-hybridized carbons (Fsp3) is 0.462. The molecule has 32 heavy (non-hydrogen) atoms. The Kier molecular flexibility index (Phi) is 9.15. The Balaban J connectivity index is 1.65. The molecule has 1 aliphatic carbocycles. The molecule has 0 aliphatic heterocycles. The first-order valence-corrected chi connectivity index (χ1v) is 12.6. The number of nitrogens with one attached hydrogen (secondary N) is 1. The maximum atomic E-state index is 13.3. The molecule has 0 saturated heterocycles. The lowest BCUT2D eigenvalue weighted by Gasteiger charge is -2.31. The highest BCUT2D eigenvalue weighted by atomic mass is 32.2. The summed E-state index contributed by atoms with van der Waals surface area (Å²) in [5.74, 6) is 0.515. The smallest absolute Gasteiger partial charge is 0.242 e. The average molecular weight is 457 g/mol. The van der Waals surface area contributed by atoms with E-state index >= 15 is 0 Å². The predicted molar refractivity (Wildman–Crippen MR) is 129 cm³/mol. The van der Waals surface area contributed by atoms with Crippen LogP contribution in [0.1, 0.15) is 55.7 Å². The second kappa shape index (κ2) is 12.0. The van der Waals surface area contributed by atoms with Crippen molar-refractivity contribution in [2.24, 2.45) is 0 Å². The van der Waals surface area contributed by atoms with Gasteiger partial charge in [0.15, 0.2) is 0 Å². The van der Waals surface area contributed by atoms with Crippen LogP contribution in [0.2, 0.25) is 0 Å². The molecule has 0 unspecified atom stereocenters. The van der Waals surface area contributed by atoms with Crippen LogP contribution in [0.15, 0.2) is 48.5 Å². The molecule has 1 atom stereocenters. The third-order valence-corrected chi connectivity index (χ3v) is 7.10.